The summed E-state index contributed by atoms with van der Waals surface area (Å²) < 4.78 is 5.44. The molecular weight excluding hydrogens is 164 g/mol. The summed E-state index contributed by atoms with van der Waals surface area (Å²) in [5, 5.41) is 0. The van der Waals surface area contributed by atoms with Crippen molar-refractivity contribution in [2.75, 3.05) is 0 Å². The maximum atomic E-state index is 11.1. The summed E-state index contributed by atoms with van der Waals surface area (Å²) in [4.78, 5) is 11.1. The number of hydrogen-bond donors (Lipinski definition) is 0. The molecule has 13 heavy (non-hydrogen) atoms. The summed E-state index contributed by atoms with van der Waals surface area (Å²) in [5.74, 6) is 1.71. The van der Waals surface area contributed by atoms with Crippen molar-refractivity contribution in [3.8, 4) is 11.3 Å². The van der Waals surface area contributed by atoms with Gasteiger partial charge in [-0.05, 0) is 38.1 Å². The smallest absolute Gasteiger partial charge is 0.159 e. The van der Waals surface area contributed by atoms with Crippen LogP contribution in [0.1, 0.15) is 23.0 Å². The molecule has 2 nitrogen and oxygen atoms in total. The molecule has 2 aliphatic rings. The molecular formula is C11H10O2. The van der Waals surface area contributed by atoms with E-state index in [2.05, 4.69) is 0 Å². The average molecular weight is 174 g/mol. The van der Waals surface area contributed by atoms with Crippen LogP contribution in [0.15, 0.2) is 28.7 Å². The van der Waals surface area contributed by atoms with Crippen molar-refractivity contribution in [1.82, 2.24) is 0 Å². The summed E-state index contributed by atoms with van der Waals surface area (Å²) in [5.41, 5.74) is 1.69. The Labute approximate surface area is 76.5 Å². The van der Waals surface area contributed by atoms with Gasteiger partial charge in [-0.25, -0.2) is 0 Å². The molecule has 66 valence electrons. The van der Waals surface area contributed by atoms with Crippen LogP contribution in [0.2, 0.25) is 0 Å². The second kappa shape index (κ2) is 2.73. The highest BCUT2D eigenvalue weighted by Crippen LogP contribution is 2.27. The molecule has 0 amide bonds. The third-order valence-electron chi connectivity index (χ3n) is 2.06. The van der Waals surface area contributed by atoms with Crippen molar-refractivity contribution >= 4 is 5.78 Å². The van der Waals surface area contributed by atoms with Crippen LogP contribution in [0.25, 0.3) is 11.3 Å². The number of carbonyl (C=O) groups excluding carboxylic acids is 1. The lowest BCUT2D eigenvalue weighted by Crippen LogP contribution is -1.85. The molecule has 0 aromatic carbocycles. The zero-order chi connectivity index (χ0) is 9.42. The fourth-order valence-electron chi connectivity index (χ4n) is 1.34. The van der Waals surface area contributed by atoms with Gasteiger partial charge >= 0.3 is 0 Å². The maximum Gasteiger partial charge on any atom is 0.159 e. The zero-order valence-corrected chi connectivity index (χ0v) is 7.63. The lowest BCUT2D eigenvalue weighted by Gasteiger charge is -1.97. The standard InChI is InChI=1S/C11H10O2/c1-7-3-4-9-5-10(8(2)12)6-11(9)13-7/h3-6H,1-2H3. The van der Waals surface area contributed by atoms with E-state index in [4.69, 9.17) is 4.42 Å². The minimum absolute atomic E-state index is 0.0732. The van der Waals surface area contributed by atoms with Crippen molar-refractivity contribution in [2.24, 2.45) is 0 Å². The molecule has 0 unspecified atom stereocenters. The average Bonchev–Trinajstić information content (AvgIpc) is 2.46. The van der Waals surface area contributed by atoms with Crippen molar-refractivity contribution in [3.05, 3.63) is 35.6 Å². The van der Waals surface area contributed by atoms with Gasteiger partial charge in [0.25, 0.3) is 0 Å². The van der Waals surface area contributed by atoms with E-state index in [-0.39, 0.29) is 5.78 Å². The molecule has 2 rings (SSSR count). The molecule has 0 aromatic heterocycles. The summed E-state index contributed by atoms with van der Waals surface area (Å²) >= 11 is 0. The molecule has 1 heterocycles. The third kappa shape index (κ3) is 1.35. The van der Waals surface area contributed by atoms with Crippen molar-refractivity contribution in [3.63, 3.8) is 0 Å². The molecule has 0 spiro atoms. The van der Waals surface area contributed by atoms with Crippen LogP contribution in [0.5, 0.6) is 0 Å². The van der Waals surface area contributed by atoms with E-state index in [0.29, 0.717) is 5.56 Å². The molecule has 1 aliphatic heterocycles. The van der Waals surface area contributed by atoms with Gasteiger partial charge in [0.2, 0.25) is 0 Å². The minimum atomic E-state index is 0.0732. The molecule has 0 fully saturated rings. The predicted molar refractivity (Wildman–Crippen MR) is 50.1 cm³/mol. The summed E-state index contributed by atoms with van der Waals surface area (Å²) in [6.45, 7) is 3.45. The van der Waals surface area contributed by atoms with Gasteiger partial charge in [0.1, 0.15) is 11.5 Å². The number of aryl methyl sites for hydroxylation is 1. The first-order valence-corrected chi connectivity index (χ1v) is 4.18. The Kier molecular flexibility index (Phi) is 1.69. The number of rotatable bonds is 1. The molecule has 0 atom stereocenters. The van der Waals surface area contributed by atoms with Crippen molar-refractivity contribution in [2.45, 2.75) is 13.8 Å². The third-order valence-corrected chi connectivity index (χ3v) is 2.06. The van der Waals surface area contributed by atoms with Crippen LogP contribution in [0.4, 0.5) is 0 Å². The summed E-state index contributed by atoms with van der Waals surface area (Å²) in [6.07, 6.45) is 0. The Morgan fingerprint density at radius 1 is 1.31 bits per heavy atom. The fourth-order valence-corrected chi connectivity index (χ4v) is 1.34. The second-order valence-electron chi connectivity index (χ2n) is 3.17. The number of Topliss-reactive ketones (excluding diaryl/α,β-unsaturated/α-hetero) is 1. The topological polar surface area (TPSA) is 30.2 Å². The Balaban J connectivity index is 2.63. The Morgan fingerprint density at radius 3 is 2.77 bits per heavy atom. The van der Waals surface area contributed by atoms with Crippen LogP contribution in [0.3, 0.4) is 0 Å². The Bertz CT molecular complexity index is 426. The van der Waals surface area contributed by atoms with Crippen LogP contribution in [-0.2, 0) is 0 Å². The number of carbonyl (C=O) groups is 1. The largest absolute Gasteiger partial charge is 0.461 e. The highest BCUT2D eigenvalue weighted by atomic mass is 16.3. The molecule has 0 saturated carbocycles. The van der Waals surface area contributed by atoms with Gasteiger partial charge in [0.05, 0.1) is 0 Å². The second-order valence-corrected chi connectivity index (χ2v) is 3.17. The highest BCUT2D eigenvalue weighted by Gasteiger charge is 2.11. The van der Waals surface area contributed by atoms with Crippen LogP contribution < -0.4 is 0 Å². The zero-order valence-electron chi connectivity index (χ0n) is 7.63. The number of fused-ring (bicyclic) bond motifs is 1. The molecule has 0 aromatic rings. The first-order valence-electron chi connectivity index (χ1n) is 4.18. The quantitative estimate of drug-likeness (QED) is 0.622. The van der Waals surface area contributed by atoms with E-state index in [9.17, 15) is 4.79 Å². The van der Waals surface area contributed by atoms with Crippen LogP contribution in [0, 0.1) is 6.92 Å². The van der Waals surface area contributed by atoms with E-state index in [1.54, 1.807) is 13.0 Å². The van der Waals surface area contributed by atoms with Crippen molar-refractivity contribution in [1.29, 1.82) is 0 Å². The van der Waals surface area contributed by atoms with Crippen LogP contribution >= 0.6 is 0 Å². The first-order chi connectivity index (χ1) is 6.16. The molecule has 1 aliphatic carbocycles. The van der Waals surface area contributed by atoms with Gasteiger partial charge in [-0.2, -0.15) is 0 Å². The van der Waals surface area contributed by atoms with E-state index >= 15 is 0 Å². The SMILES string of the molecule is CC(=O)c1cc2ccc(C)oc-2c1. The van der Waals surface area contributed by atoms with Gasteiger partial charge in [-0.3, -0.25) is 4.79 Å². The monoisotopic (exact) mass is 174 g/mol. The molecule has 0 N–H and O–H groups in total. The number of ketones is 1. The maximum absolute atomic E-state index is 11.1. The lowest BCUT2D eigenvalue weighted by molar-refractivity contribution is 0.101. The van der Waals surface area contributed by atoms with Crippen LogP contribution in [-0.4, -0.2) is 5.78 Å². The highest BCUT2D eigenvalue weighted by molar-refractivity contribution is 5.97. The number of hydrogen-bond acceptors (Lipinski definition) is 2. The summed E-state index contributed by atoms with van der Waals surface area (Å²) in [7, 11) is 0. The molecule has 0 radical (unpaired) electrons. The van der Waals surface area contributed by atoms with Crippen molar-refractivity contribution < 1.29 is 9.21 Å². The molecule has 2 heteroatoms. The normalized spacial score (nSPS) is 10.6. The minimum Gasteiger partial charge on any atom is -0.461 e. The lowest BCUT2D eigenvalue weighted by atomic mass is 10.2. The Hall–Kier alpha value is -1.57. The van der Waals surface area contributed by atoms with E-state index in [1.165, 1.54) is 0 Å². The van der Waals surface area contributed by atoms with Gasteiger partial charge in [-0.15, -0.1) is 0 Å². The predicted octanol–water partition coefficient (Wildman–Crippen LogP) is 2.90. The van der Waals surface area contributed by atoms with E-state index < -0.39 is 0 Å². The Morgan fingerprint density at radius 2 is 2.08 bits per heavy atom. The van der Waals surface area contributed by atoms with Gasteiger partial charge in [-0.1, -0.05) is 0 Å². The van der Waals surface area contributed by atoms with Gasteiger partial charge in [0, 0.05) is 11.1 Å². The first kappa shape index (κ1) is 8.05. The van der Waals surface area contributed by atoms with E-state index in [0.717, 1.165) is 17.1 Å². The fraction of sp³-hybridized carbons (Fsp3) is 0.182. The van der Waals surface area contributed by atoms with E-state index in [1.807, 2.05) is 25.1 Å². The molecule has 0 saturated heterocycles. The summed E-state index contributed by atoms with van der Waals surface area (Å²) in [6, 6.07) is 7.48. The van der Waals surface area contributed by atoms with Gasteiger partial charge < -0.3 is 4.42 Å². The molecule has 0 bridgehead atoms. The van der Waals surface area contributed by atoms with Gasteiger partial charge in [0.15, 0.2) is 5.78 Å².